The van der Waals surface area contributed by atoms with Gasteiger partial charge in [0.25, 0.3) is 0 Å². The average Bonchev–Trinajstić information content (AvgIpc) is 2.81. The van der Waals surface area contributed by atoms with Crippen LogP contribution in [0.25, 0.3) is 0 Å². The van der Waals surface area contributed by atoms with E-state index in [4.69, 9.17) is 5.73 Å². The molecule has 1 heterocycles. The van der Waals surface area contributed by atoms with Crippen LogP contribution in [0.4, 0.5) is 4.39 Å². The third-order valence-electron chi connectivity index (χ3n) is 3.15. The largest absolute Gasteiger partial charge is 0.324 e. The lowest BCUT2D eigenvalue weighted by molar-refractivity contribution is 0.314. The van der Waals surface area contributed by atoms with Crippen molar-refractivity contribution in [1.82, 2.24) is 4.90 Å². The van der Waals surface area contributed by atoms with Gasteiger partial charge in [-0.15, -0.1) is 11.3 Å². The van der Waals surface area contributed by atoms with E-state index in [0.29, 0.717) is 0 Å². The molecule has 2 aromatic rings. The maximum Gasteiger partial charge on any atom is 0.123 e. The Hall–Kier alpha value is -0.750. The summed E-state index contributed by atoms with van der Waals surface area (Å²) in [4.78, 5) is 3.55. The quantitative estimate of drug-likeness (QED) is 0.841. The third kappa shape index (κ3) is 4.66. The lowest BCUT2D eigenvalue weighted by atomic mass is 10.0. The molecule has 0 aliphatic carbocycles. The Kier molecular flexibility index (Phi) is 5.72. The van der Waals surface area contributed by atoms with Crippen LogP contribution in [-0.2, 0) is 6.54 Å². The fourth-order valence-electron chi connectivity index (χ4n) is 2.05. The van der Waals surface area contributed by atoms with Gasteiger partial charge in [0.2, 0.25) is 0 Å². The van der Waals surface area contributed by atoms with Gasteiger partial charge in [-0.25, -0.2) is 4.39 Å². The van der Waals surface area contributed by atoms with E-state index in [0.717, 1.165) is 29.5 Å². The first-order valence-electron chi connectivity index (χ1n) is 6.47. The molecule has 20 heavy (non-hydrogen) atoms. The van der Waals surface area contributed by atoms with E-state index in [1.54, 1.807) is 17.4 Å². The molecule has 1 aromatic carbocycles. The molecule has 2 nitrogen and oxygen atoms in total. The minimum absolute atomic E-state index is 0.122. The fourth-order valence-corrected chi connectivity index (χ4v) is 3.58. The molecule has 0 saturated heterocycles. The molecule has 0 amide bonds. The van der Waals surface area contributed by atoms with Crippen molar-refractivity contribution in [3.05, 3.63) is 56.4 Å². The first-order valence-corrected chi connectivity index (χ1v) is 8.14. The van der Waals surface area contributed by atoms with E-state index in [1.165, 1.54) is 17.0 Å². The zero-order valence-electron chi connectivity index (χ0n) is 11.4. The zero-order chi connectivity index (χ0) is 14.5. The highest BCUT2D eigenvalue weighted by molar-refractivity contribution is 9.10. The molecule has 1 atom stereocenters. The van der Waals surface area contributed by atoms with E-state index in [9.17, 15) is 4.39 Å². The Labute approximate surface area is 131 Å². The predicted octanol–water partition coefficient (Wildman–Crippen LogP) is 4.17. The van der Waals surface area contributed by atoms with Gasteiger partial charge in [-0.1, -0.05) is 12.1 Å². The highest BCUT2D eigenvalue weighted by Gasteiger charge is 2.09. The second kappa shape index (κ2) is 7.31. The maximum absolute atomic E-state index is 13.1. The normalized spacial score (nSPS) is 12.8. The molecular weight excluding hydrogens is 339 g/mol. The van der Waals surface area contributed by atoms with Crippen molar-refractivity contribution in [3.63, 3.8) is 0 Å². The van der Waals surface area contributed by atoms with Crippen LogP contribution >= 0.6 is 27.3 Å². The van der Waals surface area contributed by atoms with Crippen LogP contribution in [0.5, 0.6) is 0 Å². The minimum atomic E-state index is -0.227. The molecule has 0 spiro atoms. The summed E-state index contributed by atoms with van der Waals surface area (Å²) in [5.41, 5.74) is 6.97. The van der Waals surface area contributed by atoms with Gasteiger partial charge >= 0.3 is 0 Å². The van der Waals surface area contributed by atoms with Crippen molar-refractivity contribution in [3.8, 4) is 0 Å². The van der Waals surface area contributed by atoms with Crippen LogP contribution in [0.2, 0.25) is 0 Å². The second-order valence-electron chi connectivity index (χ2n) is 4.92. The van der Waals surface area contributed by atoms with Crippen molar-refractivity contribution in [2.24, 2.45) is 5.73 Å². The van der Waals surface area contributed by atoms with Gasteiger partial charge in [0.15, 0.2) is 0 Å². The van der Waals surface area contributed by atoms with E-state index in [1.807, 2.05) is 6.07 Å². The lowest BCUT2D eigenvalue weighted by Gasteiger charge is -2.19. The molecule has 0 saturated carbocycles. The van der Waals surface area contributed by atoms with E-state index >= 15 is 0 Å². The van der Waals surface area contributed by atoms with E-state index in [-0.39, 0.29) is 11.9 Å². The SMILES string of the molecule is CN(CCC(N)c1cccc(F)c1)Cc1cc(Br)cs1. The number of halogens is 2. The van der Waals surface area contributed by atoms with Gasteiger partial charge in [-0.3, -0.25) is 0 Å². The minimum Gasteiger partial charge on any atom is -0.324 e. The Morgan fingerprint density at radius 1 is 1.40 bits per heavy atom. The average molecular weight is 357 g/mol. The van der Waals surface area contributed by atoms with E-state index in [2.05, 4.69) is 39.3 Å². The maximum atomic E-state index is 13.1. The van der Waals surface area contributed by atoms with Crippen LogP contribution in [0, 0.1) is 5.82 Å². The number of hydrogen-bond acceptors (Lipinski definition) is 3. The molecule has 0 radical (unpaired) electrons. The summed E-state index contributed by atoms with van der Waals surface area (Å²) in [6.07, 6.45) is 0.812. The fraction of sp³-hybridized carbons (Fsp3) is 0.333. The molecule has 1 aromatic heterocycles. The van der Waals surface area contributed by atoms with E-state index < -0.39 is 0 Å². The highest BCUT2D eigenvalue weighted by Crippen LogP contribution is 2.21. The Balaban J connectivity index is 1.82. The van der Waals surface area contributed by atoms with Crippen molar-refractivity contribution in [1.29, 1.82) is 0 Å². The van der Waals surface area contributed by atoms with Crippen molar-refractivity contribution in [2.75, 3.05) is 13.6 Å². The smallest absolute Gasteiger partial charge is 0.123 e. The molecule has 2 rings (SSSR count). The van der Waals surface area contributed by atoms with Crippen LogP contribution in [0.1, 0.15) is 22.9 Å². The molecule has 5 heteroatoms. The zero-order valence-corrected chi connectivity index (χ0v) is 13.8. The van der Waals surface area contributed by atoms with Crippen LogP contribution in [-0.4, -0.2) is 18.5 Å². The second-order valence-corrected chi connectivity index (χ2v) is 6.83. The van der Waals surface area contributed by atoms with Crippen LogP contribution < -0.4 is 5.73 Å². The highest BCUT2D eigenvalue weighted by atomic mass is 79.9. The molecule has 0 fully saturated rings. The number of nitrogens with zero attached hydrogens (tertiary/aromatic N) is 1. The molecule has 2 N–H and O–H groups in total. The Bertz CT molecular complexity index is 558. The van der Waals surface area contributed by atoms with Crippen LogP contribution in [0.15, 0.2) is 40.2 Å². The topological polar surface area (TPSA) is 29.3 Å². The number of benzene rings is 1. The summed E-state index contributed by atoms with van der Waals surface area (Å²) in [6, 6.07) is 8.55. The molecular formula is C15H18BrFN2S. The van der Waals surface area contributed by atoms with Crippen LogP contribution in [0.3, 0.4) is 0 Å². The number of hydrogen-bond donors (Lipinski definition) is 1. The summed E-state index contributed by atoms with van der Waals surface area (Å²) >= 11 is 5.20. The third-order valence-corrected chi connectivity index (χ3v) is 4.83. The summed E-state index contributed by atoms with van der Waals surface area (Å²) in [5.74, 6) is -0.227. The van der Waals surface area contributed by atoms with Gasteiger partial charge < -0.3 is 10.6 Å². The van der Waals surface area contributed by atoms with Gasteiger partial charge in [-0.05, 0) is 53.2 Å². The molecule has 0 bridgehead atoms. The summed E-state index contributed by atoms with van der Waals surface area (Å²) in [5, 5.41) is 2.08. The van der Waals surface area contributed by atoms with Crippen molar-refractivity contribution < 1.29 is 4.39 Å². The first kappa shape index (κ1) is 15.6. The van der Waals surface area contributed by atoms with Crippen molar-refractivity contribution in [2.45, 2.75) is 19.0 Å². The number of thiophene rings is 1. The van der Waals surface area contributed by atoms with Gasteiger partial charge in [0.1, 0.15) is 5.82 Å². The standard InChI is InChI=1S/C15H18BrFN2S/c1-19(9-14-8-12(16)10-20-14)6-5-15(18)11-3-2-4-13(17)7-11/h2-4,7-8,10,15H,5-6,9,18H2,1H3. The monoisotopic (exact) mass is 356 g/mol. The summed E-state index contributed by atoms with van der Waals surface area (Å²) in [6.45, 7) is 1.79. The predicted molar refractivity (Wildman–Crippen MR) is 86.3 cm³/mol. The summed E-state index contributed by atoms with van der Waals surface area (Å²) < 4.78 is 14.3. The molecule has 0 aliphatic rings. The van der Waals surface area contributed by atoms with Gasteiger partial charge in [-0.2, -0.15) is 0 Å². The Morgan fingerprint density at radius 2 is 2.20 bits per heavy atom. The number of rotatable bonds is 6. The number of nitrogens with two attached hydrogens (primary N) is 1. The molecule has 108 valence electrons. The first-order chi connectivity index (χ1) is 9.54. The van der Waals surface area contributed by atoms with Crippen molar-refractivity contribution >= 4 is 27.3 Å². The van der Waals surface area contributed by atoms with Gasteiger partial charge in [0.05, 0.1) is 0 Å². The lowest BCUT2D eigenvalue weighted by Crippen LogP contribution is -2.23. The molecule has 1 unspecified atom stereocenters. The van der Waals surface area contributed by atoms with Gasteiger partial charge in [0, 0.05) is 33.9 Å². The molecule has 0 aliphatic heterocycles. The Morgan fingerprint density at radius 3 is 2.85 bits per heavy atom. The summed E-state index contributed by atoms with van der Waals surface area (Å²) in [7, 11) is 2.08.